The van der Waals surface area contributed by atoms with Crippen molar-refractivity contribution in [3.8, 4) is 0 Å². The van der Waals surface area contributed by atoms with Crippen LogP contribution in [0.2, 0.25) is 0 Å². The van der Waals surface area contributed by atoms with E-state index in [0.717, 1.165) is 22.0 Å². The highest BCUT2D eigenvalue weighted by Crippen LogP contribution is 2.25. The van der Waals surface area contributed by atoms with E-state index in [0.29, 0.717) is 25.3 Å². The van der Waals surface area contributed by atoms with Crippen molar-refractivity contribution < 1.29 is 19.1 Å². The maximum absolute atomic E-state index is 12.1. The van der Waals surface area contributed by atoms with E-state index >= 15 is 0 Å². The van der Waals surface area contributed by atoms with Gasteiger partial charge in [0.15, 0.2) is 0 Å². The third-order valence-electron chi connectivity index (χ3n) is 4.31. The molecule has 5 nitrogen and oxygen atoms in total. The predicted octanol–water partition coefficient (Wildman–Crippen LogP) is 3.97. The monoisotopic (exact) mass is 365 g/mol. The minimum Gasteiger partial charge on any atom is -0.466 e. The third-order valence-corrected chi connectivity index (χ3v) is 4.31. The van der Waals surface area contributed by atoms with Crippen LogP contribution in [-0.4, -0.2) is 29.7 Å². The first-order valence-corrected chi connectivity index (χ1v) is 9.10. The molecule has 0 amide bonds. The molecule has 0 saturated carbocycles. The Balaban J connectivity index is 2.02. The van der Waals surface area contributed by atoms with Crippen LogP contribution in [0.4, 0.5) is 0 Å². The van der Waals surface area contributed by atoms with Gasteiger partial charge in [0.2, 0.25) is 0 Å². The Kier molecular flexibility index (Phi) is 5.91. The summed E-state index contributed by atoms with van der Waals surface area (Å²) in [5, 5.41) is 0.865. The van der Waals surface area contributed by atoms with E-state index in [-0.39, 0.29) is 18.4 Å². The smallest absolute Gasteiger partial charge is 0.338 e. The molecule has 0 bridgehead atoms. The molecule has 3 rings (SSSR count). The number of hydrogen-bond acceptors (Lipinski definition) is 4. The van der Waals surface area contributed by atoms with Crippen LogP contribution in [0.25, 0.3) is 10.9 Å². The first kappa shape index (κ1) is 18.7. The van der Waals surface area contributed by atoms with Crippen molar-refractivity contribution in [3.05, 3.63) is 71.4 Å². The van der Waals surface area contributed by atoms with Gasteiger partial charge in [-0.2, -0.15) is 0 Å². The number of esters is 2. The minimum atomic E-state index is -0.364. The second-order valence-corrected chi connectivity index (χ2v) is 6.20. The SMILES string of the molecule is CCOC(=O)Cc1cn(Cc2ccccc2)c2ccc(C(=O)OCC)cc12. The molecule has 3 aromatic rings. The maximum Gasteiger partial charge on any atom is 0.338 e. The lowest BCUT2D eigenvalue weighted by molar-refractivity contribution is -0.142. The molecular weight excluding hydrogens is 342 g/mol. The summed E-state index contributed by atoms with van der Waals surface area (Å²) >= 11 is 0. The van der Waals surface area contributed by atoms with E-state index in [4.69, 9.17) is 9.47 Å². The molecule has 0 radical (unpaired) electrons. The number of ether oxygens (including phenoxy) is 2. The summed E-state index contributed by atoms with van der Waals surface area (Å²) in [4.78, 5) is 24.1. The van der Waals surface area contributed by atoms with Crippen LogP contribution in [0, 0.1) is 0 Å². The molecule has 0 aliphatic heterocycles. The molecule has 1 heterocycles. The molecule has 27 heavy (non-hydrogen) atoms. The largest absolute Gasteiger partial charge is 0.466 e. The second kappa shape index (κ2) is 8.54. The lowest BCUT2D eigenvalue weighted by Crippen LogP contribution is -2.07. The van der Waals surface area contributed by atoms with Gasteiger partial charge in [-0.05, 0) is 43.2 Å². The summed E-state index contributed by atoms with van der Waals surface area (Å²) in [5.74, 6) is -0.643. The molecule has 0 atom stereocenters. The van der Waals surface area contributed by atoms with Gasteiger partial charge in [-0.25, -0.2) is 4.79 Å². The summed E-state index contributed by atoms with van der Waals surface area (Å²) in [6.45, 7) is 4.91. The quantitative estimate of drug-likeness (QED) is 0.595. The van der Waals surface area contributed by atoms with E-state index in [1.54, 1.807) is 26.0 Å². The Bertz CT molecular complexity index is 944. The molecule has 0 N–H and O–H groups in total. The van der Waals surface area contributed by atoms with Crippen molar-refractivity contribution in [2.75, 3.05) is 13.2 Å². The van der Waals surface area contributed by atoms with E-state index in [9.17, 15) is 9.59 Å². The minimum absolute atomic E-state index is 0.165. The van der Waals surface area contributed by atoms with Crippen LogP contribution < -0.4 is 0 Å². The Morgan fingerprint density at radius 3 is 2.41 bits per heavy atom. The molecule has 1 aromatic heterocycles. The summed E-state index contributed by atoms with van der Waals surface area (Å²) < 4.78 is 12.3. The van der Waals surface area contributed by atoms with Crippen LogP contribution in [0.5, 0.6) is 0 Å². The number of rotatable bonds is 7. The molecule has 140 valence electrons. The molecule has 0 saturated heterocycles. The van der Waals surface area contributed by atoms with Crippen LogP contribution in [0.1, 0.15) is 35.3 Å². The topological polar surface area (TPSA) is 57.5 Å². The molecular formula is C22H23NO4. The number of carbonyl (C=O) groups is 2. The van der Waals surface area contributed by atoms with Crippen LogP contribution in [0.3, 0.4) is 0 Å². The van der Waals surface area contributed by atoms with E-state index in [1.807, 2.05) is 30.5 Å². The molecule has 0 aliphatic carbocycles. The normalized spacial score (nSPS) is 10.7. The highest BCUT2D eigenvalue weighted by molar-refractivity contribution is 5.97. The molecule has 0 unspecified atom stereocenters. The fraction of sp³-hybridized carbons (Fsp3) is 0.273. The van der Waals surface area contributed by atoms with Crippen LogP contribution >= 0.6 is 0 Å². The molecule has 5 heteroatoms. The van der Waals surface area contributed by atoms with Crippen molar-refractivity contribution in [1.29, 1.82) is 0 Å². The standard InChI is InChI=1S/C22H23NO4/c1-3-26-21(24)13-18-15-23(14-16-8-6-5-7-9-16)20-11-10-17(12-19(18)20)22(25)27-4-2/h5-12,15H,3-4,13-14H2,1-2H3. The predicted molar refractivity (Wildman–Crippen MR) is 104 cm³/mol. The Hall–Kier alpha value is -3.08. The van der Waals surface area contributed by atoms with Gasteiger partial charge in [-0.3, -0.25) is 4.79 Å². The zero-order valence-corrected chi connectivity index (χ0v) is 15.6. The highest BCUT2D eigenvalue weighted by atomic mass is 16.5. The van der Waals surface area contributed by atoms with E-state index in [1.165, 1.54) is 0 Å². The fourth-order valence-corrected chi connectivity index (χ4v) is 3.13. The Labute approximate surface area is 158 Å². The van der Waals surface area contributed by atoms with Gasteiger partial charge in [0.05, 0.1) is 25.2 Å². The molecule has 2 aromatic carbocycles. The van der Waals surface area contributed by atoms with Crippen molar-refractivity contribution in [3.63, 3.8) is 0 Å². The number of carbonyl (C=O) groups excluding carboxylic acids is 2. The zero-order valence-electron chi connectivity index (χ0n) is 15.6. The number of fused-ring (bicyclic) bond motifs is 1. The van der Waals surface area contributed by atoms with Crippen molar-refractivity contribution in [2.24, 2.45) is 0 Å². The zero-order chi connectivity index (χ0) is 19.2. The fourth-order valence-electron chi connectivity index (χ4n) is 3.13. The molecule has 0 spiro atoms. The van der Waals surface area contributed by atoms with Crippen LogP contribution in [0.15, 0.2) is 54.7 Å². The van der Waals surface area contributed by atoms with Gasteiger partial charge in [-0.1, -0.05) is 30.3 Å². The van der Waals surface area contributed by atoms with Gasteiger partial charge < -0.3 is 14.0 Å². The number of aromatic nitrogens is 1. The van der Waals surface area contributed by atoms with Gasteiger partial charge in [0, 0.05) is 23.6 Å². The number of hydrogen-bond donors (Lipinski definition) is 0. The first-order valence-electron chi connectivity index (χ1n) is 9.10. The summed E-state index contributed by atoms with van der Waals surface area (Å²) in [6, 6.07) is 15.6. The summed E-state index contributed by atoms with van der Waals surface area (Å²) in [5.41, 5.74) is 3.44. The molecule has 0 fully saturated rings. The Morgan fingerprint density at radius 2 is 1.70 bits per heavy atom. The number of nitrogens with zero attached hydrogens (tertiary/aromatic N) is 1. The Morgan fingerprint density at radius 1 is 0.963 bits per heavy atom. The average molecular weight is 365 g/mol. The van der Waals surface area contributed by atoms with E-state index in [2.05, 4.69) is 16.7 Å². The summed E-state index contributed by atoms with van der Waals surface area (Å²) in [7, 11) is 0. The van der Waals surface area contributed by atoms with Gasteiger partial charge in [-0.15, -0.1) is 0 Å². The average Bonchev–Trinajstić information content (AvgIpc) is 2.99. The third kappa shape index (κ3) is 4.37. The van der Waals surface area contributed by atoms with Crippen molar-refractivity contribution >= 4 is 22.8 Å². The maximum atomic E-state index is 12.1. The number of benzene rings is 2. The van der Waals surface area contributed by atoms with Gasteiger partial charge in [0.1, 0.15) is 0 Å². The lowest BCUT2D eigenvalue weighted by Gasteiger charge is -2.06. The first-order chi connectivity index (χ1) is 13.1. The van der Waals surface area contributed by atoms with Crippen molar-refractivity contribution in [2.45, 2.75) is 26.8 Å². The van der Waals surface area contributed by atoms with E-state index < -0.39 is 0 Å². The van der Waals surface area contributed by atoms with Gasteiger partial charge >= 0.3 is 11.9 Å². The van der Waals surface area contributed by atoms with Crippen molar-refractivity contribution in [1.82, 2.24) is 4.57 Å². The second-order valence-electron chi connectivity index (χ2n) is 6.20. The van der Waals surface area contributed by atoms with Crippen LogP contribution in [-0.2, 0) is 27.2 Å². The lowest BCUT2D eigenvalue weighted by atomic mass is 10.1. The van der Waals surface area contributed by atoms with Gasteiger partial charge in [0.25, 0.3) is 0 Å². The molecule has 0 aliphatic rings. The summed E-state index contributed by atoms with van der Waals surface area (Å²) in [6.07, 6.45) is 2.13. The highest BCUT2D eigenvalue weighted by Gasteiger charge is 2.16.